The Morgan fingerprint density at radius 2 is 1.93 bits per heavy atom. The third-order valence-corrected chi connectivity index (χ3v) is 3.51. The average molecular weight is 226 g/mol. The van der Waals surface area contributed by atoms with E-state index < -0.39 is 0 Å². The second kappa shape index (κ2) is 4.62. The predicted molar refractivity (Wildman–Crippen MR) is 67.2 cm³/mol. The molecule has 0 spiro atoms. The maximum Gasteiger partial charge on any atom is 0.112 e. The molecule has 0 saturated carbocycles. The van der Waals surface area contributed by atoms with Crippen molar-refractivity contribution >= 4 is 11.3 Å². The zero-order valence-corrected chi connectivity index (χ0v) is 11.2. The van der Waals surface area contributed by atoms with Crippen LogP contribution in [0.5, 0.6) is 0 Å². The van der Waals surface area contributed by atoms with E-state index in [-0.39, 0.29) is 5.54 Å². The Morgan fingerprint density at radius 3 is 2.40 bits per heavy atom. The van der Waals surface area contributed by atoms with Gasteiger partial charge in [-0.05, 0) is 32.2 Å². The summed E-state index contributed by atoms with van der Waals surface area (Å²) in [6.07, 6.45) is 3.05. The van der Waals surface area contributed by atoms with Gasteiger partial charge in [0.25, 0.3) is 0 Å². The first-order valence-corrected chi connectivity index (χ1v) is 6.34. The van der Waals surface area contributed by atoms with Gasteiger partial charge >= 0.3 is 0 Å². The summed E-state index contributed by atoms with van der Waals surface area (Å²) in [5, 5.41) is 6.76. The van der Waals surface area contributed by atoms with Crippen LogP contribution in [0.15, 0.2) is 11.6 Å². The van der Waals surface area contributed by atoms with E-state index in [1.54, 1.807) is 11.3 Å². The molecule has 1 aromatic heterocycles. The van der Waals surface area contributed by atoms with Crippen LogP contribution in [0.4, 0.5) is 0 Å². The molecule has 86 valence electrons. The highest BCUT2D eigenvalue weighted by Gasteiger charge is 2.22. The predicted octanol–water partition coefficient (Wildman–Crippen LogP) is 3.40. The zero-order chi connectivity index (χ0) is 11.5. The number of thiazole rings is 1. The van der Waals surface area contributed by atoms with Crippen LogP contribution in [0.3, 0.4) is 0 Å². The second-order valence-electron chi connectivity index (χ2n) is 5.70. The maximum atomic E-state index is 4.36. The molecule has 0 radical (unpaired) electrons. The standard InChI is InChI=1S/C12H22N2S/c1-11(2,3)6-7-14-12(4,5)10-13-8-9-15-10/h8-9,14H,6-7H2,1-5H3. The maximum absolute atomic E-state index is 4.36. The molecular formula is C12H22N2S. The molecule has 1 heterocycles. The van der Waals surface area contributed by atoms with Gasteiger partial charge in [0.15, 0.2) is 0 Å². The summed E-state index contributed by atoms with van der Waals surface area (Å²) in [4.78, 5) is 4.36. The van der Waals surface area contributed by atoms with E-state index in [0.717, 1.165) is 11.6 Å². The van der Waals surface area contributed by atoms with Crippen molar-refractivity contribution in [2.45, 2.75) is 46.6 Å². The molecule has 0 aliphatic heterocycles. The number of nitrogens with zero attached hydrogens (tertiary/aromatic N) is 1. The molecule has 2 nitrogen and oxygen atoms in total. The monoisotopic (exact) mass is 226 g/mol. The highest BCUT2D eigenvalue weighted by molar-refractivity contribution is 7.09. The van der Waals surface area contributed by atoms with Gasteiger partial charge in [0.1, 0.15) is 5.01 Å². The quantitative estimate of drug-likeness (QED) is 0.851. The van der Waals surface area contributed by atoms with Crippen molar-refractivity contribution in [1.29, 1.82) is 0 Å². The van der Waals surface area contributed by atoms with E-state index >= 15 is 0 Å². The Hall–Kier alpha value is -0.410. The van der Waals surface area contributed by atoms with Gasteiger partial charge in [0.05, 0.1) is 5.54 Å². The lowest BCUT2D eigenvalue weighted by Gasteiger charge is -2.26. The smallest absolute Gasteiger partial charge is 0.112 e. The van der Waals surface area contributed by atoms with E-state index in [2.05, 4.69) is 44.9 Å². The van der Waals surface area contributed by atoms with Crippen LogP contribution in [0.25, 0.3) is 0 Å². The van der Waals surface area contributed by atoms with Crippen molar-refractivity contribution in [1.82, 2.24) is 10.3 Å². The van der Waals surface area contributed by atoms with Gasteiger partial charge in [-0.1, -0.05) is 20.8 Å². The summed E-state index contributed by atoms with van der Waals surface area (Å²) in [6.45, 7) is 12.2. The second-order valence-corrected chi connectivity index (χ2v) is 6.59. The number of rotatable bonds is 4. The molecule has 15 heavy (non-hydrogen) atoms. The Bertz CT molecular complexity index is 283. The molecule has 1 rings (SSSR count). The minimum absolute atomic E-state index is 0.000579. The van der Waals surface area contributed by atoms with Crippen LogP contribution in [-0.2, 0) is 5.54 Å². The van der Waals surface area contributed by atoms with Crippen molar-refractivity contribution < 1.29 is 0 Å². The fourth-order valence-corrected chi connectivity index (χ4v) is 2.10. The third kappa shape index (κ3) is 4.31. The van der Waals surface area contributed by atoms with E-state index in [1.165, 1.54) is 6.42 Å². The molecule has 0 fully saturated rings. The summed E-state index contributed by atoms with van der Waals surface area (Å²) < 4.78 is 0. The third-order valence-electron chi connectivity index (χ3n) is 2.41. The van der Waals surface area contributed by atoms with Crippen molar-refractivity contribution in [3.05, 3.63) is 16.6 Å². The largest absolute Gasteiger partial charge is 0.306 e. The average Bonchev–Trinajstić information content (AvgIpc) is 2.52. The Kier molecular flexibility index (Phi) is 3.90. The van der Waals surface area contributed by atoms with Crippen LogP contribution < -0.4 is 5.32 Å². The van der Waals surface area contributed by atoms with Gasteiger partial charge in [0, 0.05) is 11.6 Å². The summed E-state index contributed by atoms with van der Waals surface area (Å²) >= 11 is 1.71. The van der Waals surface area contributed by atoms with E-state index in [1.807, 2.05) is 11.6 Å². The topological polar surface area (TPSA) is 24.9 Å². The van der Waals surface area contributed by atoms with Gasteiger partial charge in [0.2, 0.25) is 0 Å². The first-order valence-electron chi connectivity index (χ1n) is 5.46. The molecule has 1 N–H and O–H groups in total. The lowest BCUT2D eigenvalue weighted by Crippen LogP contribution is -2.38. The molecule has 0 atom stereocenters. The van der Waals surface area contributed by atoms with Crippen molar-refractivity contribution in [2.75, 3.05) is 6.54 Å². The van der Waals surface area contributed by atoms with Crippen molar-refractivity contribution in [3.63, 3.8) is 0 Å². The molecule has 0 aromatic carbocycles. The van der Waals surface area contributed by atoms with Gasteiger partial charge in [-0.15, -0.1) is 11.3 Å². The molecule has 3 heteroatoms. The number of hydrogen-bond donors (Lipinski definition) is 1. The summed E-state index contributed by atoms with van der Waals surface area (Å²) in [6, 6.07) is 0. The van der Waals surface area contributed by atoms with Crippen LogP contribution in [0.1, 0.15) is 46.0 Å². The Labute approximate surface area is 97.1 Å². The molecule has 1 aromatic rings. The Balaban J connectivity index is 2.44. The lowest BCUT2D eigenvalue weighted by atomic mass is 9.92. The van der Waals surface area contributed by atoms with Crippen LogP contribution >= 0.6 is 11.3 Å². The first kappa shape index (κ1) is 12.7. The van der Waals surface area contributed by atoms with Gasteiger partial charge in [-0.25, -0.2) is 4.98 Å². The number of nitrogens with one attached hydrogen (secondary N) is 1. The molecule has 0 aliphatic rings. The van der Waals surface area contributed by atoms with Gasteiger partial charge < -0.3 is 5.32 Å². The fourth-order valence-electron chi connectivity index (χ4n) is 1.36. The normalized spacial score (nSPS) is 13.1. The van der Waals surface area contributed by atoms with Crippen molar-refractivity contribution in [2.24, 2.45) is 5.41 Å². The Morgan fingerprint density at radius 1 is 1.27 bits per heavy atom. The zero-order valence-electron chi connectivity index (χ0n) is 10.4. The van der Waals surface area contributed by atoms with Crippen LogP contribution in [-0.4, -0.2) is 11.5 Å². The van der Waals surface area contributed by atoms with Gasteiger partial charge in [-0.3, -0.25) is 0 Å². The first-order chi connectivity index (χ1) is 6.81. The van der Waals surface area contributed by atoms with E-state index in [4.69, 9.17) is 0 Å². The molecule has 0 aliphatic carbocycles. The summed E-state index contributed by atoms with van der Waals surface area (Å²) in [5.41, 5.74) is 0.394. The van der Waals surface area contributed by atoms with Crippen LogP contribution in [0, 0.1) is 5.41 Å². The SMILES string of the molecule is CC(C)(C)CCNC(C)(C)c1nccs1. The van der Waals surface area contributed by atoms with Crippen molar-refractivity contribution in [3.8, 4) is 0 Å². The fraction of sp³-hybridized carbons (Fsp3) is 0.750. The minimum atomic E-state index is -0.000579. The number of hydrogen-bond acceptors (Lipinski definition) is 3. The summed E-state index contributed by atoms with van der Waals surface area (Å²) in [7, 11) is 0. The summed E-state index contributed by atoms with van der Waals surface area (Å²) in [5.74, 6) is 0. The van der Waals surface area contributed by atoms with E-state index in [9.17, 15) is 0 Å². The molecule has 0 amide bonds. The van der Waals surface area contributed by atoms with Crippen LogP contribution in [0.2, 0.25) is 0 Å². The minimum Gasteiger partial charge on any atom is -0.306 e. The van der Waals surface area contributed by atoms with E-state index in [0.29, 0.717) is 5.41 Å². The highest BCUT2D eigenvalue weighted by atomic mass is 32.1. The molecular weight excluding hydrogens is 204 g/mol. The van der Waals surface area contributed by atoms with Gasteiger partial charge in [-0.2, -0.15) is 0 Å². The lowest BCUT2D eigenvalue weighted by molar-refractivity contribution is 0.322. The number of aromatic nitrogens is 1. The molecule has 0 unspecified atom stereocenters. The highest BCUT2D eigenvalue weighted by Crippen LogP contribution is 2.23. The molecule has 0 saturated heterocycles. The molecule has 0 bridgehead atoms.